The first kappa shape index (κ1) is 11.9. The zero-order valence-electron chi connectivity index (χ0n) is 9.16. The van der Waals surface area contributed by atoms with E-state index in [4.69, 9.17) is 4.42 Å². The minimum Gasteiger partial charge on any atom is -0.469 e. The van der Waals surface area contributed by atoms with Gasteiger partial charge in [-0.25, -0.2) is 0 Å². The summed E-state index contributed by atoms with van der Waals surface area (Å²) in [7, 11) is 0. The van der Waals surface area contributed by atoms with Crippen LogP contribution in [-0.2, 0) is 6.42 Å². The largest absolute Gasteiger partial charge is 0.469 e. The molecule has 2 aromatic heterocycles. The van der Waals surface area contributed by atoms with Crippen molar-refractivity contribution in [3.63, 3.8) is 0 Å². The fourth-order valence-corrected chi connectivity index (χ4v) is 3.22. The molecule has 0 aliphatic rings. The van der Waals surface area contributed by atoms with E-state index in [2.05, 4.69) is 15.9 Å². The van der Waals surface area contributed by atoms with Crippen LogP contribution in [0.5, 0.6) is 0 Å². The first-order chi connectivity index (χ1) is 7.63. The third-order valence-corrected chi connectivity index (χ3v) is 4.73. The molecule has 2 aromatic rings. The molecule has 0 amide bonds. The second kappa shape index (κ2) is 4.73. The van der Waals surface area contributed by atoms with E-state index in [1.807, 2.05) is 26.0 Å². The predicted molar refractivity (Wildman–Crippen MR) is 68.9 cm³/mol. The molecule has 0 radical (unpaired) electrons. The molecule has 2 heterocycles. The molecule has 1 unspecified atom stereocenters. The van der Waals surface area contributed by atoms with Crippen molar-refractivity contribution >= 4 is 27.3 Å². The van der Waals surface area contributed by atoms with E-state index in [0.29, 0.717) is 0 Å². The van der Waals surface area contributed by atoms with Gasteiger partial charge >= 0.3 is 0 Å². The van der Waals surface area contributed by atoms with Crippen LogP contribution in [0.4, 0.5) is 0 Å². The van der Waals surface area contributed by atoms with E-state index in [1.165, 1.54) is 4.88 Å². The van der Waals surface area contributed by atoms with Gasteiger partial charge < -0.3 is 9.52 Å². The summed E-state index contributed by atoms with van der Waals surface area (Å²) >= 11 is 5.06. The van der Waals surface area contributed by atoms with Crippen LogP contribution in [0.15, 0.2) is 27.3 Å². The van der Waals surface area contributed by atoms with Crippen molar-refractivity contribution in [2.75, 3.05) is 0 Å². The van der Waals surface area contributed by atoms with Gasteiger partial charge in [-0.1, -0.05) is 6.92 Å². The van der Waals surface area contributed by atoms with Crippen molar-refractivity contribution < 1.29 is 9.52 Å². The Hall–Kier alpha value is -0.580. The van der Waals surface area contributed by atoms with Crippen LogP contribution >= 0.6 is 27.3 Å². The highest BCUT2D eigenvalue weighted by atomic mass is 79.9. The van der Waals surface area contributed by atoms with Gasteiger partial charge in [-0.2, -0.15) is 0 Å². The Kier molecular flexibility index (Phi) is 3.52. The quantitative estimate of drug-likeness (QED) is 0.927. The summed E-state index contributed by atoms with van der Waals surface area (Å²) in [6, 6.07) is 3.81. The van der Waals surface area contributed by atoms with Gasteiger partial charge in [0.25, 0.3) is 0 Å². The highest BCUT2D eigenvalue weighted by Gasteiger charge is 2.18. The molecule has 0 saturated carbocycles. The van der Waals surface area contributed by atoms with Gasteiger partial charge in [-0.15, -0.1) is 11.3 Å². The minimum absolute atomic E-state index is 0.580. The molecule has 4 heteroatoms. The molecule has 2 rings (SSSR count). The van der Waals surface area contributed by atoms with Crippen LogP contribution in [0.3, 0.4) is 0 Å². The molecule has 2 nitrogen and oxygen atoms in total. The molecule has 0 aromatic carbocycles. The molecular formula is C12H13BrO2S. The van der Waals surface area contributed by atoms with Crippen molar-refractivity contribution in [2.24, 2.45) is 0 Å². The lowest BCUT2D eigenvalue weighted by molar-refractivity contribution is 0.221. The van der Waals surface area contributed by atoms with Crippen LogP contribution < -0.4 is 0 Å². The Morgan fingerprint density at radius 3 is 2.88 bits per heavy atom. The average molecular weight is 301 g/mol. The summed E-state index contributed by atoms with van der Waals surface area (Å²) in [5.74, 6) is 0.856. The lowest BCUT2D eigenvalue weighted by Gasteiger charge is -2.07. The summed E-state index contributed by atoms with van der Waals surface area (Å²) in [4.78, 5) is 2.12. The maximum absolute atomic E-state index is 10.3. The Morgan fingerprint density at radius 1 is 1.56 bits per heavy atom. The highest BCUT2D eigenvalue weighted by molar-refractivity contribution is 9.10. The normalized spacial score (nSPS) is 13.0. The van der Waals surface area contributed by atoms with E-state index in [-0.39, 0.29) is 0 Å². The molecule has 0 aliphatic carbocycles. The fourth-order valence-electron chi connectivity index (χ4n) is 1.65. The zero-order chi connectivity index (χ0) is 11.7. The van der Waals surface area contributed by atoms with E-state index >= 15 is 0 Å². The maximum atomic E-state index is 10.3. The first-order valence-electron chi connectivity index (χ1n) is 5.13. The number of halogens is 1. The van der Waals surface area contributed by atoms with Crippen molar-refractivity contribution in [1.82, 2.24) is 0 Å². The molecule has 0 saturated heterocycles. The number of furan rings is 1. The molecular weight excluding hydrogens is 288 g/mol. The number of aliphatic hydroxyl groups excluding tert-OH is 1. The number of aryl methyl sites for hydroxylation is 2. The van der Waals surface area contributed by atoms with Gasteiger partial charge in [0.05, 0.1) is 6.26 Å². The van der Waals surface area contributed by atoms with E-state index in [0.717, 1.165) is 27.1 Å². The SMILES string of the molecule is CCc1occc1C(O)c1cc(Br)c(C)s1. The molecule has 86 valence electrons. The molecule has 1 atom stereocenters. The third-order valence-electron chi connectivity index (χ3n) is 2.54. The fraction of sp³-hybridized carbons (Fsp3) is 0.333. The molecule has 16 heavy (non-hydrogen) atoms. The molecule has 0 bridgehead atoms. The summed E-state index contributed by atoms with van der Waals surface area (Å²) in [6.07, 6.45) is 1.85. The van der Waals surface area contributed by atoms with Gasteiger partial charge in [-0.3, -0.25) is 0 Å². The zero-order valence-corrected chi connectivity index (χ0v) is 11.6. The average Bonchev–Trinajstić information content (AvgIpc) is 2.85. The number of rotatable bonds is 3. The second-order valence-corrected chi connectivity index (χ2v) is 5.75. The predicted octanol–water partition coefficient (Wildman–Crippen LogP) is 4.06. The van der Waals surface area contributed by atoms with Crippen LogP contribution in [0, 0.1) is 6.92 Å². The van der Waals surface area contributed by atoms with Gasteiger partial charge in [0.1, 0.15) is 11.9 Å². The smallest absolute Gasteiger partial charge is 0.117 e. The van der Waals surface area contributed by atoms with Crippen molar-refractivity contribution in [2.45, 2.75) is 26.4 Å². The number of thiophene rings is 1. The van der Waals surface area contributed by atoms with Crippen LogP contribution in [0.25, 0.3) is 0 Å². The Balaban J connectivity index is 2.35. The standard InChI is InChI=1S/C12H13BrO2S/c1-3-10-8(4-5-15-10)12(14)11-6-9(13)7(2)16-11/h4-6,12,14H,3H2,1-2H3. The van der Waals surface area contributed by atoms with Gasteiger partial charge in [-0.05, 0) is 35.0 Å². The van der Waals surface area contributed by atoms with Gasteiger partial charge in [0.2, 0.25) is 0 Å². The van der Waals surface area contributed by atoms with Crippen LogP contribution in [0.1, 0.15) is 34.1 Å². The molecule has 0 spiro atoms. The summed E-state index contributed by atoms with van der Waals surface area (Å²) in [6.45, 7) is 4.05. The summed E-state index contributed by atoms with van der Waals surface area (Å²) in [5, 5.41) is 10.3. The van der Waals surface area contributed by atoms with Crippen LogP contribution in [0.2, 0.25) is 0 Å². The number of hydrogen-bond donors (Lipinski definition) is 1. The monoisotopic (exact) mass is 300 g/mol. The second-order valence-electron chi connectivity index (χ2n) is 3.61. The van der Waals surface area contributed by atoms with Crippen LogP contribution in [-0.4, -0.2) is 5.11 Å². The lowest BCUT2D eigenvalue weighted by atomic mass is 10.1. The van der Waals surface area contributed by atoms with Gasteiger partial charge in [0.15, 0.2) is 0 Å². The van der Waals surface area contributed by atoms with E-state index in [9.17, 15) is 5.11 Å². The Labute approximate surface area is 107 Å². The van der Waals surface area contributed by atoms with E-state index < -0.39 is 6.10 Å². The molecule has 0 fully saturated rings. The maximum Gasteiger partial charge on any atom is 0.117 e. The Morgan fingerprint density at radius 2 is 2.31 bits per heavy atom. The molecule has 0 aliphatic heterocycles. The molecule has 1 N–H and O–H groups in total. The Bertz CT molecular complexity index is 467. The van der Waals surface area contributed by atoms with Gasteiger partial charge in [0, 0.05) is 26.2 Å². The number of hydrogen-bond acceptors (Lipinski definition) is 3. The third kappa shape index (κ3) is 2.10. The number of aliphatic hydroxyl groups is 1. The lowest BCUT2D eigenvalue weighted by Crippen LogP contribution is -1.98. The van der Waals surface area contributed by atoms with Crippen molar-refractivity contribution in [3.05, 3.63) is 43.9 Å². The first-order valence-corrected chi connectivity index (χ1v) is 6.74. The van der Waals surface area contributed by atoms with Crippen molar-refractivity contribution in [1.29, 1.82) is 0 Å². The topological polar surface area (TPSA) is 33.4 Å². The highest BCUT2D eigenvalue weighted by Crippen LogP contribution is 2.35. The summed E-state index contributed by atoms with van der Waals surface area (Å²) < 4.78 is 6.38. The minimum atomic E-state index is -0.580. The summed E-state index contributed by atoms with van der Waals surface area (Å²) in [5.41, 5.74) is 0.872. The van der Waals surface area contributed by atoms with Crippen molar-refractivity contribution in [3.8, 4) is 0 Å². The van der Waals surface area contributed by atoms with E-state index in [1.54, 1.807) is 17.6 Å².